The minimum atomic E-state index is -0.531. The van der Waals surface area contributed by atoms with E-state index in [0.29, 0.717) is 11.4 Å². The third kappa shape index (κ3) is 2.39. The van der Waals surface area contributed by atoms with Crippen molar-refractivity contribution < 1.29 is 9.45 Å². The van der Waals surface area contributed by atoms with Crippen molar-refractivity contribution in [2.24, 2.45) is 0 Å². The molecule has 0 unspecified atom stereocenters. The Hall–Kier alpha value is -3.36. The summed E-state index contributed by atoms with van der Waals surface area (Å²) in [5.74, 6) is 0.668. The summed E-state index contributed by atoms with van der Waals surface area (Å²) in [6.07, 6.45) is 3.11. The summed E-state index contributed by atoms with van der Waals surface area (Å²) in [7, 11) is 0. The van der Waals surface area contributed by atoms with Gasteiger partial charge in [0.15, 0.2) is 0 Å². The lowest BCUT2D eigenvalue weighted by Crippen LogP contribution is -1.94. The molecule has 104 valence electrons. The van der Waals surface area contributed by atoms with E-state index in [1.165, 1.54) is 18.2 Å². The lowest BCUT2D eigenvalue weighted by atomic mass is 10.1. The summed E-state index contributed by atoms with van der Waals surface area (Å²) in [6, 6.07) is 5.67. The summed E-state index contributed by atoms with van der Waals surface area (Å²) in [6.45, 7) is 0. The van der Waals surface area contributed by atoms with Gasteiger partial charge < -0.3 is 10.3 Å². The highest BCUT2D eigenvalue weighted by Gasteiger charge is 2.16. The number of nitro groups is 1. The van der Waals surface area contributed by atoms with Crippen LogP contribution in [0.5, 0.6) is 0 Å². The van der Waals surface area contributed by atoms with Crippen LogP contribution in [0.1, 0.15) is 0 Å². The molecule has 21 heavy (non-hydrogen) atoms. The van der Waals surface area contributed by atoms with Crippen molar-refractivity contribution in [1.82, 2.24) is 20.1 Å². The van der Waals surface area contributed by atoms with Gasteiger partial charge in [-0.15, -0.1) is 0 Å². The first-order valence-corrected chi connectivity index (χ1v) is 5.80. The van der Waals surface area contributed by atoms with Gasteiger partial charge in [-0.2, -0.15) is 4.98 Å². The standard InChI is InChI=1S/C12H8N6O3/c13-9-6-7(18(19)20)2-3-8(9)12-16-11(17-21-12)10-14-4-1-5-15-10/h1-6H,13H2. The van der Waals surface area contributed by atoms with Crippen molar-refractivity contribution in [2.75, 3.05) is 5.73 Å². The third-order valence-corrected chi connectivity index (χ3v) is 2.67. The quantitative estimate of drug-likeness (QED) is 0.436. The molecule has 0 aliphatic rings. The van der Waals surface area contributed by atoms with Gasteiger partial charge in [0.05, 0.1) is 16.2 Å². The van der Waals surface area contributed by atoms with Crippen molar-refractivity contribution in [3.05, 3.63) is 46.8 Å². The minimum Gasteiger partial charge on any atom is -0.398 e. The van der Waals surface area contributed by atoms with E-state index in [4.69, 9.17) is 10.3 Å². The van der Waals surface area contributed by atoms with Crippen LogP contribution < -0.4 is 5.73 Å². The van der Waals surface area contributed by atoms with Gasteiger partial charge in [-0.25, -0.2) is 9.97 Å². The summed E-state index contributed by atoms with van der Waals surface area (Å²) < 4.78 is 5.10. The fraction of sp³-hybridized carbons (Fsp3) is 0. The third-order valence-electron chi connectivity index (χ3n) is 2.67. The van der Waals surface area contributed by atoms with Crippen LogP contribution in [-0.2, 0) is 0 Å². The number of non-ortho nitro benzene ring substituents is 1. The number of hydrogen-bond acceptors (Lipinski definition) is 8. The summed E-state index contributed by atoms with van der Waals surface area (Å²) in [4.78, 5) is 22.3. The zero-order chi connectivity index (χ0) is 14.8. The van der Waals surface area contributed by atoms with Crippen LogP contribution in [0.25, 0.3) is 23.1 Å². The van der Waals surface area contributed by atoms with E-state index in [9.17, 15) is 10.1 Å². The van der Waals surface area contributed by atoms with Gasteiger partial charge >= 0.3 is 0 Å². The molecule has 1 aromatic carbocycles. The average molecular weight is 284 g/mol. The van der Waals surface area contributed by atoms with E-state index in [-0.39, 0.29) is 23.1 Å². The molecule has 2 heterocycles. The molecular weight excluding hydrogens is 276 g/mol. The van der Waals surface area contributed by atoms with Crippen LogP contribution in [0.4, 0.5) is 11.4 Å². The Bertz CT molecular complexity index is 802. The monoisotopic (exact) mass is 284 g/mol. The summed E-state index contributed by atoms with van der Waals surface area (Å²) >= 11 is 0. The molecule has 0 bridgehead atoms. The van der Waals surface area contributed by atoms with Gasteiger partial charge in [-0.3, -0.25) is 10.1 Å². The predicted octanol–water partition coefficient (Wildman–Crippen LogP) is 1.68. The Labute approximate surface area is 117 Å². The van der Waals surface area contributed by atoms with Crippen LogP contribution in [0, 0.1) is 10.1 Å². The number of aromatic nitrogens is 4. The maximum atomic E-state index is 10.7. The van der Waals surface area contributed by atoms with Crippen LogP contribution in [0.15, 0.2) is 41.2 Å². The molecule has 3 aromatic rings. The fourth-order valence-corrected chi connectivity index (χ4v) is 1.70. The fourth-order valence-electron chi connectivity index (χ4n) is 1.70. The number of nitro benzene ring substituents is 1. The van der Waals surface area contributed by atoms with E-state index in [2.05, 4.69) is 20.1 Å². The maximum absolute atomic E-state index is 10.7. The van der Waals surface area contributed by atoms with E-state index in [0.717, 1.165) is 0 Å². The minimum absolute atomic E-state index is 0.109. The molecule has 0 fully saturated rings. The first-order chi connectivity index (χ1) is 10.1. The van der Waals surface area contributed by atoms with Gasteiger partial charge in [0.2, 0.25) is 11.6 Å². The number of benzene rings is 1. The Balaban J connectivity index is 1.99. The number of rotatable bonds is 3. The van der Waals surface area contributed by atoms with Crippen molar-refractivity contribution in [1.29, 1.82) is 0 Å². The van der Waals surface area contributed by atoms with Crippen LogP contribution in [0.2, 0.25) is 0 Å². The van der Waals surface area contributed by atoms with Gasteiger partial charge in [-0.05, 0) is 12.1 Å². The second kappa shape index (κ2) is 4.96. The molecular formula is C12H8N6O3. The smallest absolute Gasteiger partial charge is 0.271 e. The first-order valence-electron chi connectivity index (χ1n) is 5.80. The molecule has 0 aliphatic carbocycles. The highest BCUT2D eigenvalue weighted by atomic mass is 16.6. The zero-order valence-electron chi connectivity index (χ0n) is 10.5. The van der Waals surface area contributed by atoms with Crippen molar-refractivity contribution in [3.8, 4) is 23.1 Å². The number of nitrogens with two attached hydrogens (primary N) is 1. The highest BCUT2D eigenvalue weighted by Crippen LogP contribution is 2.28. The topological polar surface area (TPSA) is 134 Å². The highest BCUT2D eigenvalue weighted by molar-refractivity contribution is 5.73. The van der Waals surface area contributed by atoms with E-state index >= 15 is 0 Å². The molecule has 9 heteroatoms. The largest absolute Gasteiger partial charge is 0.398 e. The van der Waals surface area contributed by atoms with E-state index in [1.807, 2.05) is 0 Å². The maximum Gasteiger partial charge on any atom is 0.271 e. The number of nitrogen functional groups attached to an aromatic ring is 1. The molecule has 0 aliphatic heterocycles. The summed E-state index contributed by atoms with van der Waals surface area (Å²) in [5, 5.41) is 14.4. The zero-order valence-corrected chi connectivity index (χ0v) is 10.5. The first kappa shape index (κ1) is 12.7. The number of hydrogen-bond donors (Lipinski definition) is 1. The van der Waals surface area contributed by atoms with E-state index < -0.39 is 4.92 Å². The second-order valence-corrected chi connectivity index (χ2v) is 4.02. The summed E-state index contributed by atoms with van der Waals surface area (Å²) in [5.41, 5.74) is 6.25. The van der Waals surface area contributed by atoms with Crippen LogP contribution >= 0.6 is 0 Å². The van der Waals surface area contributed by atoms with Crippen molar-refractivity contribution in [2.45, 2.75) is 0 Å². The molecule has 0 atom stereocenters. The lowest BCUT2D eigenvalue weighted by Gasteiger charge is -1.99. The Kier molecular flexibility index (Phi) is 2.99. The Morgan fingerprint density at radius 2 is 1.95 bits per heavy atom. The molecule has 3 rings (SSSR count). The van der Waals surface area contributed by atoms with E-state index in [1.54, 1.807) is 18.5 Å². The molecule has 0 spiro atoms. The van der Waals surface area contributed by atoms with Gasteiger partial charge in [0.25, 0.3) is 11.6 Å². The van der Waals surface area contributed by atoms with Gasteiger partial charge in [0, 0.05) is 24.5 Å². The molecule has 2 aromatic heterocycles. The predicted molar refractivity (Wildman–Crippen MR) is 71.8 cm³/mol. The number of nitrogens with zero attached hydrogens (tertiary/aromatic N) is 5. The Morgan fingerprint density at radius 3 is 2.62 bits per heavy atom. The molecule has 2 N–H and O–H groups in total. The SMILES string of the molecule is Nc1cc([N+](=O)[O-])ccc1-c1nc(-c2ncccn2)no1. The van der Waals surface area contributed by atoms with Gasteiger partial charge in [0.1, 0.15) is 0 Å². The van der Waals surface area contributed by atoms with Crippen molar-refractivity contribution in [3.63, 3.8) is 0 Å². The average Bonchev–Trinajstić information content (AvgIpc) is 2.97. The Morgan fingerprint density at radius 1 is 1.19 bits per heavy atom. The molecule has 0 radical (unpaired) electrons. The molecule has 0 saturated carbocycles. The molecule has 0 saturated heterocycles. The normalized spacial score (nSPS) is 10.5. The van der Waals surface area contributed by atoms with Crippen LogP contribution in [-0.4, -0.2) is 25.0 Å². The second-order valence-electron chi connectivity index (χ2n) is 4.02. The van der Waals surface area contributed by atoms with Crippen LogP contribution in [0.3, 0.4) is 0 Å². The van der Waals surface area contributed by atoms with Crippen molar-refractivity contribution >= 4 is 11.4 Å². The van der Waals surface area contributed by atoms with Gasteiger partial charge in [-0.1, -0.05) is 5.16 Å². The molecule has 0 amide bonds. The molecule has 9 nitrogen and oxygen atoms in total. The lowest BCUT2D eigenvalue weighted by molar-refractivity contribution is -0.384. The number of anilines is 1.